The Hall–Kier alpha value is -2.12. The molecule has 8 heteroatoms. The molecule has 0 aliphatic heterocycles. The number of hydrogen-bond donors (Lipinski definition) is 2. The highest BCUT2D eigenvalue weighted by atomic mass is 35.5. The van der Waals surface area contributed by atoms with E-state index < -0.39 is 6.03 Å². The van der Waals surface area contributed by atoms with Crippen LogP contribution in [0.1, 0.15) is 36.0 Å². The van der Waals surface area contributed by atoms with Gasteiger partial charge in [-0.15, -0.1) is 0 Å². The molecule has 0 bridgehead atoms. The summed E-state index contributed by atoms with van der Waals surface area (Å²) in [4.78, 5) is 29.0. The second-order valence-corrected chi connectivity index (χ2v) is 7.47. The first-order chi connectivity index (χ1) is 12.1. The van der Waals surface area contributed by atoms with E-state index in [-0.39, 0.29) is 11.7 Å². The number of halogens is 1. The van der Waals surface area contributed by atoms with E-state index in [0.717, 1.165) is 37.0 Å². The first kappa shape index (κ1) is 17.7. The van der Waals surface area contributed by atoms with E-state index in [1.165, 1.54) is 6.20 Å². The normalized spacial score (nSPS) is 14.3. The van der Waals surface area contributed by atoms with Gasteiger partial charge < -0.3 is 10.1 Å². The van der Waals surface area contributed by atoms with Gasteiger partial charge in [-0.1, -0.05) is 35.8 Å². The number of rotatable bonds is 5. The third kappa shape index (κ3) is 4.29. The summed E-state index contributed by atoms with van der Waals surface area (Å²) in [6.45, 7) is 0. The van der Waals surface area contributed by atoms with E-state index in [9.17, 15) is 9.59 Å². The molecule has 6 nitrogen and oxygen atoms in total. The second-order valence-electron chi connectivity index (χ2n) is 5.81. The van der Waals surface area contributed by atoms with Crippen molar-refractivity contribution < 1.29 is 14.3 Å². The smallest absolute Gasteiger partial charge is 0.325 e. The monoisotopic (exact) mass is 379 g/mol. The molecule has 1 aliphatic carbocycles. The number of anilines is 2. The summed E-state index contributed by atoms with van der Waals surface area (Å²) in [6, 6.07) is 4.59. The lowest BCUT2D eigenvalue weighted by Gasteiger charge is -2.15. The molecule has 3 rings (SSSR count). The average molecular weight is 380 g/mol. The van der Waals surface area contributed by atoms with Crippen molar-refractivity contribution in [1.82, 2.24) is 4.98 Å². The fourth-order valence-corrected chi connectivity index (χ4v) is 3.74. The first-order valence-corrected chi connectivity index (χ1v) is 9.18. The van der Waals surface area contributed by atoms with Gasteiger partial charge in [0.15, 0.2) is 10.9 Å². The Morgan fingerprint density at radius 2 is 2.04 bits per heavy atom. The number of carbonyl (C=O) groups is 2. The summed E-state index contributed by atoms with van der Waals surface area (Å²) < 4.78 is 5.71. The van der Waals surface area contributed by atoms with Crippen LogP contribution >= 0.6 is 22.9 Å². The Bertz CT molecular complexity index is 787. The van der Waals surface area contributed by atoms with Crippen molar-refractivity contribution in [1.29, 1.82) is 0 Å². The fourth-order valence-electron chi connectivity index (χ4n) is 2.93. The molecule has 1 heterocycles. The lowest BCUT2D eigenvalue weighted by molar-refractivity contribution is 0.0923. The predicted molar refractivity (Wildman–Crippen MR) is 99.0 cm³/mol. The first-order valence-electron chi connectivity index (χ1n) is 7.98. The van der Waals surface area contributed by atoms with E-state index >= 15 is 0 Å². The summed E-state index contributed by atoms with van der Waals surface area (Å²) in [7, 11) is 1.55. The van der Waals surface area contributed by atoms with Crippen LogP contribution in [0.2, 0.25) is 4.34 Å². The molecule has 2 N–H and O–H groups in total. The van der Waals surface area contributed by atoms with Gasteiger partial charge in [-0.05, 0) is 31.0 Å². The molecule has 1 aliphatic rings. The molecular formula is C17H18ClN3O3S. The van der Waals surface area contributed by atoms with Gasteiger partial charge >= 0.3 is 6.03 Å². The third-order valence-electron chi connectivity index (χ3n) is 4.16. The zero-order valence-electron chi connectivity index (χ0n) is 13.7. The number of aromatic nitrogens is 1. The minimum Gasteiger partial charge on any atom is -0.497 e. The van der Waals surface area contributed by atoms with Crippen LogP contribution in [-0.2, 0) is 0 Å². The van der Waals surface area contributed by atoms with Gasteiger partial charge in [0, 0.05) is 11.5 Å². The quantitative estimate of drug-likeness (QED) is 0.729. The van der Waals surface area contributed by atoms with E-state index in [2.05, 4.69) is 15.6 Å². The minimum absolute atomic E-state index is 0.00786. The molecule has 1 aromatic carbocycles. The van der Waals surface area contributed by atoms with Crippen LogP contribution in [0, 0.1) is 5.92 Å². The lowest BCUT2D eigenvalue weighted by Crippen LogP contribution is -2.22. The zero-order valence-corrected chi connectivity index (χ0v) is 15.2. The molecule has 132 valence electrons. The number of hydrogen-bond acceptors (Lipinski definition) is 5. The Morgan fingerprint density at radius 3 is 2.68 bits per heavy atom. The molecule has 0 saturated heterocycles. The van der Waals surface area contributed by atoms with Gasteiger partial charge in [-0.25, -0.2) is 9.78 Å². The van der Waals surface area contributed by atoms with Crippen molar-refractivity contribution in [2.24, 2.45) is 5.92 Å². The number of ketones is 1. The van der Waals surface area contributed by atoms with E-state index in [4.69, 9.17) is 16.3 Å². The summed E-state index contributed by atoms with van der Waals surface area (Å²) >= 11 is 6.96. The summed E-state index contributed by atoms with van der Waals surface area (Å²) in [5, 5.41) is 5.72. The van der Waals surface area contributed by atoms with Crippen LogP contribution in [-0.4, -0.2) is 23.9 Å². The molecular weight excluding hydrogens is 362 g/mol. The standard InChI is InChI=1S/C17H18ClN3O3S/c1-24-11-6-7-13(12(8-11)15(22)10-4-2-3-5-10)20-16(23)21-17-19-9-14(18)25-17/h6-10H,2-5H2,1H3,(H2,19,20,21,23). The van der Waals surface area contributed by atoms with Crippen LogP contribution in [0.15, 0.2) is 24.4 Å². The van der Waals surface area contributed by atoms with Gasteiger partial charge in [0.25, 0.3) is 0 Å². The summed E-state index contributed by atoms with van der Waals surface area (Å²) in [6.07, 6.45) is 5.37. The van der Waals surface area contributed by atoms with Crippen molar-refractivity contribution in [2.75, 3.05) is 17.7 Å². The number of urea groups is 1. The number of ether oxygens (including phenoxy) is 1. The Balaban J connectivity index is 1.79. The second kappa shape index (κ2) is 7.84. The maximum absolute atomic E-state index is 12.8. The number of nitrogens with zero attached hydrogens (tertiary/aromatic N) is 1. The molecule has 2 aromatic rings. The number of nitrogens with one attached hydrogen (secondary N) is 2. The summed E-state index contributed by atoms with van der Waals surface area (Å²) in [5.74, 6) is 0.636. The van der Waals surface area contributed by atoms with Crippen LogP contribution in [0.4, 0.5) is 15.6 Å². The number of carbonyl (C=O) groups excluding carboxylic acids is 2. The Morgan fingerprint density at radius 1 is 1.28 bits per heavy atom. The number of benzene rings is 1. The largest absolute Gasteiger partial charge is 0.497 e. The SMILES string of the molecule is COc1ccc(NC(=O)Nc2ncc(Cl)s2)c(C(=O)C2CCCC2)c1. The van der Waals surface area contributed by atoms with Crippen LogP contribution in [0.3, 0.4) is 0 Å². The van der Waals surface area contributed by atoms with Crippen LogP contribution in [0.25, 0.3) is 0 Å². The highest BCUT2D eigenvalue weighted by Gasteiger charge is 2.26. The molecule has 1 saturated carbocycles. The van der Waals surface area contributed by atoms with Crippen molar-refractivity contribution in [3.05, 3.63) is 34.3 Å². The van der Waals surface area contributed by atoms with Gasteiger partial charge in [0.05, 0.1) is 19.0 Å². The molecule has 0 radical (unpaired) electrons. The molecule has 0 unspecified atom stereocenters. The fraction of sp³-hybridized carbons (Fsp3) is 0.353. The third-order valence-corrected chi connectivity index (χ3v) is 5.19. The van der Waals surface area contributed by atoms with Crippen molar-refractivity contribution >= 4 is 45.6 Å². The maximum atomic E-state index is 12.8. The predicted octanol–water partition coefficient (Wildman–Crippen LogP) is 4.82. The number of methoxy groups -OCH3 is 1. The number of amides is 2. The van der Waals surface area contributed by atoms with Crippen molar-refractivity contribution in [2.45, 2.75) is 25.7 Å². The van der Waals surface area contributed by atoms with Gasteiger partial charge in [0.2, 0.25) is 0 Å². The number of thiazole rings is 1. The van der Waals surface area contributed by atoms with Gasteiger partial charge in [-0.3, -0.25) is 10.1 Å². The van der Waals surface area contributed by atoms with Crippen LogP contribution in [0.5, 0.6) is 5.75 Å². The average Bonchev–Trinajstić information content (AvgIpc) is 3.26. The van der Waals surface area contributed by atoms with Gasteiger partial charge in [0.1, 0.15) is 10.1 Å². The molecule has 1 aromatic heterocycles. The lowest BCUT2D eigenvalue weighted by atomic mass is 9.95. The highest BCUT2D eigenvalue weighted by Crippen LogP contribution is 2.32. The Kier molecular flexibility index (Phi) is 5.55. The van der Waals surface area contributed by atoms with Crippen molar-refractivity contribution in [3.8, 4) is 5.75 Å². The number of Topliss-reactive ketones (excluding diaryl/α,β-unsaturated/α-hetero) is 1. The summed E-state index contributed by atoms with van der Waals surface area (Å²) in [5.41, 5.74) is 0.927. The molecule has 2 amide bonds. The molecule has 1 fully saturated rings. The minimum atomic E-state index is -0.475. The van der Waals surface area contributed by atoms with Crippen molar-refractivity contribution in [3.63, 3.8) is 0 Å². The maximum Gasteiger partial charge on any atom is 0.325 e. The Labute approximate surface area is 154 Å². The van der Waals surface area contributed by atoms with E-state index in [1.807, 2.05) is 0 Å². The molecule has 0 spiro atoms. The van der Waals surface area contributed by atoms with Crippen LogP contribution < -0.4 is 15.4 Å². The van der Waals surface area contributed by atoms with E-state index in [0.29, 0.717) is 26.5 Å². The zero-order chi connectivity index (χ0) is 17.8. The van der Waals surface area contributed by atoms with E-state index in [1.54, 1.807) is 25.3 Å². The molecule has 25 heavy (non-hydrogen) atoms. The topological polar surface area (TPSA) is 80.3 Å². The molecule has 0 atom stereocenters. The van der Waals surface area contributed by atoms with Gasteiger partial charge in [-0.2, -0.15) is 0 Å². The highest BCUT2D eigenvalue weighted by molar-refractivity contribution is 7.19.